The molecule has 0 saturated carbocycles. The summed E-state index contributed by atoms with van der Waals surface area (Å²) in [7, 11) is 0. The molecule has 0 amide bonds. The molecule has 0 fully saturated rings. The Morgan fingerprint density at radius 2 is 1.95 bits per heavy atom. The molecule has 4 rings (SSSR count). The molecule has 20 heavy (non-hydrogen) atoms. The van der Waals surface area contributed by atoms with Gasteiger partial charge in [-0.15, -0.1) is 0 Å². The van der Waals surface area contributed by atoms with Crippen LogP contribution in [-0.2, 0) is 0 Å². The van der Waals surface area contributed by atoms with Gasteiger partial charge in [0.1, 0.15) is 0 Å². The molecule has 0 bridgehead atoms. The van der Waals surface area contributed by atoms with E-state index in [0.717, 1.165) is 22.2 Å². The first-order valence-electron chi connectivity index (χ1n) is 6.39. The molecular formula is C16H11N3O. The first-order valence-corrected chi connectivity index (χ1v) is 6.39. The lowest BCUT2D eigenvalue weighted by Crippen LogP contribution is -1.84. The Balaban J connectivity index is 1.90. The van der Waals surface area contributed by atoms with Crippen LogP contribution in [0.15, 0.2) is 53.1 Å². The molecular weight excluding hydrogens is 250 g/mol. The number of benzene rings is 1. The van der Waals surface area contributed by atoms with Crippen LogP contribution >= 0.6 is 0 Å². The van der Waals surface area contributed by atoms with E-state index in [9.17, 15) is 0 Å². The predicted molar refractivity (Wildman–Crippen MR) is 77.3 cm³/mol. The van der Waals surface area contributed by atoms with E-state index in [1.54, 1.807) is 6.20 Å². The fourth-order valence-electron chi connectivity index (χ4n) is 2.25. The van der Waals surface area contributed by atoms with Gasteiger partial charge in [-0.3, -0.25) is 4.98 Å². The molecule has 4 aromatic rings. The van der Waals surface area contributed by atoms with Gasteiger partial charge >= 0.3 is 0 Å². The summed E-state index contributed by atoms with van der Waals surface area (Å²) >= 11 is 0. The van der Waals surface area contributed by atoms with Crippen molar-refractivity contribution in [3.8, 4) is 11.5 Å². The van der Waals surface area contributed by atoms with Crippen molar-refractivity contribution in [3.05, 3.63) is 54.4 Å². The van der Waals surface area contributed by atoms with Crippen LogP contribution in [0, 0.1) is 6.92 Å². The Hall–Kier alpha value is -2.75. The van der Waals surface area contributed by atoms with Gasteiger partial charge in [0, 0.05) is 22.8 Å². The van der Waals surface area contributed by atoms with Crippen LogP contribution in [0.25, 0.3) is 33.6 Å². The van der Waals surface area contributed by atoms with Crippen molar-refractivity contribution in [3.63, 3.8) is 0 Å². The van der Waals surface area contributed by atoms with Gasteiger partial charge in [0.2, 0.25) is 5.89 Å². The quantitative estimate of drug-likeness (QED) is 0.523. The maximum Gasteiger partial charge on any atom is 0.228 e. The Labute approximate surface area is 115 Å². The van der Waals surface area contributed by atoms with Crippen LogP contribution in [0.5, 0.6) is 0 Å². The molecule has 0 saturated heterocycles. The lowest BCUT2D eigenvalue weighted by atomic mass is 10.1. The highest BCUT2D eigenvalue weighted by atomic mass is 16.3. The summed E-state index contributed by atoms with van der Waals surface area (Å²) in [5.74, 6) is 0.584. The highest BCUT2D eigenvalue weighted by Crippen LogP contribution is 2.25. The molecule has 3 heterocycles. The number of aromatic nitrogens is 3. The lowest BCUT2D eigenvalue weighted by molar-refractivity contribution is 0.620. The minimum Gasteiger partial charge on any atom is -0.434 e. The summed E-state index contributed by atoms with van der Waals surface area (Å²) in [6.07, 6.45) is 1.71. The first-order chi connectivity index (χ1) is 9.79. The molecule has 0 atom stereocenters. The monoisotopic (exact) mass is 261 g/mol. The third-order valence-electron chi connectivity index (χ3n) is 3.24. The molecule has 4 nitrogen and oxygen atoms in total. The van der Waals surface area contributed by atoms with Crippen LogP contribution in [0.2, 0.25) is 0 Å². The maximum atomic E-state index is 5.73. The zero-order valence-corrected chi connectivity index (χ0v) is 10.9. The lowest BCUT2D eigenvalue weighted by Gasteiger charge is -2.00. The zero-order valence-electron chi connectivity index (χ0n) is 10.9. The third-order valence-corrected chi connectivity index (χ3v) is 3.24. The minimum absolute atomic E-state index is 0.584. The largest absolute Gasteiger partial charge is 0.434 e. The molecule has 1 aromatic carbocycles. The average Bonchev–Trinajstić information content (AvgIpc) is 2.90. The second-order valence-corrected chi connectivity index (χ2v) is 4.70. The first kappa shape index (κ1) is 11.1. The molecule has 96 valence electrons. The van der Waals surface area contributed by atoms with Gasteiger partial charge in [0.05, 0.1) is 5.52 Å². The second-order valence-electron chi connectivity index (χ2n) is 4.70. The van der Waals surface area contributed by atoms with E-state index in [-0.39, 0.29) is 0 Å². The molecule has 0 spiro atoms. The number of oxazole rings is 1. The van der Waals surface area contributed by atoms with E-state index in [1.807, 2.05) is 43.3 Å². The number of hydrogen-bond acceptors (Lipinski definition) is 4. The van der Waals surface area contributed by atoms with E-state index >= 15 is 0 Å². The van der Waals surface area contributed by atoms with Crippen molar-refractivity contribution in [1.82, 2.24) is 15.0 Å². The average molecular weight is 261 g/mol. The number of pyridine rings is 2. The van der Waals surface area contributed by atoms with Gasteiger partial charge < -0.3 is 4.42 Å². The number of hydrogen-bond donors (Lipinski definition) is 0. The molecule has 0 radical (unpaired) electrons. The zero-order chi connectivity index (χ0) is 13.5. The summed E-state index contributed by atoms with van der Waals surface area (Å²) in [5, 5.41) is 1.07. The van der Waals surface area contributed by atoms with E-state index in [2.05, 4.69) is 21.0 Å². The minimum atomic E-state index is 0.584. The summed E-state index contributed by atoms with van der Waals surface area (Å²) in [6.45, 7) is 1.99. The van der Waals surface area contributed by atoms with Crippen molar-refractivity contribution in [2.75, 3.05) is 0 Å². The predicted octanol–water partition coefficient (Wildman–Crippen LogP) is 3.75. The Morgan fingerprint density at radius 1 is 1.00 bits per heavy atom. The van der Waals surface area contributed by atoms with Crippen LogP contribution in [-0.4, -0.2) is 15.0 Å². The van der Waals surface area contributed by atoms with Crippen LogP contribution in [0.1, 0.15) is 5.69 Å². The molecule has 0 unspecified atom stereocenters. The Bertz CT molecular complexity index is 894. The fraction of sp³-hybridized carbons (Fsp3) is 0.0625. The maximum absolute atomic E-state index is 5.73. The van der Waals surface area contributed by atoms with E-state index < -0.39 is 0 Å². The highest BCUT2D eigenvalue weighted by molar-refractivity contribution is 5.84. The van der Waals surface area contributed by atoms with Crippen molar-refractivity contribution in [2.24, 2.45) is 0 Å². The van der Waals surface area contributed by atoms with Crippen molar-refractivity contribution in [1.29, 1.82) is 0 Å². The smallest absolute Gasteiger partial charge is 0.228 e. The summed E-state index contributed by atoms with van der Waals surface area (Å²) in [6, 6.07) is 13.8. The summed E-state index contributed by atoms with van der Waals surface area (Å²) < 4.78 is 5.73. The normalized spacial score (nSPS) is 11.2. The molecule has 4 heteroatoms. The molecule has 0 aliphatic heterocycles. The highest BCUT2D eigenvalue weighted by Gasteiger charge is 2.09. The van der Waals surface area contributed by atoms with Crippen LogP contribution < -0.4 is 0 Å². The number of aryl methyl sites for hydroxylation is 1. The summed E-state index contributed by atoms with van der Waals surface area (Å²) in [4.78, 5) is 13.1. The SMILES string of the molecule is Cc1ccc2cc(-c3nc4ncccc4o3)ccc2n1. The van der Waals surface area contributed by atoms with Gasteiger partial charge in [-0.25, -0.2) is 4.98 Å². The standard InChI is InChI=1S/C16H11N3O/c1-10-4-5-11-9-12(6-7-13(11)18-10)16-19-15-14(20-16)3-2-8-17-15/h2-9H,1H3. The van der Waals surface area contributed by atoms with E-state index in [1.165, 1.54) is 0 Å². The Morgan fingerprint density at radius 3 is 2.85 bits per heavy atom. The van der Waals surface area contributed by atoms with Crippen molar-refractivity contribution >= 4 is 22.1 Å². The topological polar surface area (TPSA) is 51.8 Å². The van der Waals surface area contributed by atoms with Gasteiger partial charge in [0.25, 0.3) is 0 Å². The van der Waals surface area contributed by atoms with E-state index in [4.69, 9.17) is 4.42 Å². The third kappa shape index (κ3) is 1.73. The second kappa shape index (κ2) is 4.13. The molecule has 0 N–H and O–H groups in total. The molecule has 0 aliphatic rings. The van der Waals surface area contributed by atoms with Gasteiger partial charge in [0.15, 0.2) is 11.2 Å². The molecule has 0 aliphatic carbocycles. The van der Waals surface area contributed by atoms with E-state index in [0.29, 0.717) is 17.1 Å². The van der Waals surface area contributed by atoms with Crippen LogP contribution in [0.3, 0.4) is 0 Å². The number of nitrogens with zero attached hydrogens (tertiary/aromatic N) is 3. The van der Waals surface area contributed by atoms with Crippen LogP contribution in [0.4, 0.5) is 0 Å². The fourth-order valence-corrected chi connectivity index (χ4v) is 2.25. The number of rotatable bonds is 1. The van der Waals surface area contributed by atoms with Gasteiger partial charge in [-0.05, 0) is 43.3 Å². The number of fused-ring (bicyclic) bond motifs is 2. The molecule has 3 aromatic heterocycles. The summed E-state index contributed by atoms with van der Waals surface area (Å²) in [5.41, 5.74) is 4.25. The van der Waals surface area contributed by atoms with Crippen molar-refractivity contribution in [2.45, 2.75) is 6.92 Å². The van der Waals surface area contributed by atoms with Crippen molar-refractivity contribution < 1.29 is 4.42 Å². The Kier molecular flexibility index (Phi) is 2.29. The van der Waals surface area contributed by atoms with Gasteiger partial charge in [-0.2, -0.15) is 4.98 Å². The van der Waals surface area contributed by atoms with Gasteiger partial charge in [-0.1, -0.05) is 6.07 Å².